The number of thiazole rings is 1. The molecule has 0 spiro atoms. The van der Waals surface area contributed by atoms with E-state index in [1.165, 1.54) is 17.5 Å². The SMILES string of the molecule is C[C@@]1(c2[nH]ncc2C(N)=O)CCCN(C(=O)c2cscn2)C1. The molecule has 1 aliphatic heterocycles. The van der Waals surface area contributed by atoms with Crippen LogP contribution in [0.5, 0.6) is 0 Å². The third-order valence-electron chi connectivity index (χ3n) is 4.14. The average molecular weight is 319 g/mol. The molecule has 1 aliphatic rings. The van der Waals surface area contributed by atoms with E-state index in [1.807, 2.05) is 6.92 Å². The fraction of sp³-hybridized carbons (Fsp3) is 0.429. The summed E-state index contributed by atoms with van der Waals surface area (Å²) >= 11 is 1.40. The van der Waals surface area contributed by atoms with E-state index in [9.17, 15) is 9.59 Å². The number of primary amides is 1. The zero-order chi connectivity index (χ0) is 15.7. The quantitative estimate of drug-likeness (QED) is 0.885. The lowest BCUT2D eigenvalue weighted by Crippen LogP contribution is -2.48. The highest BCUT2D eigenvalue weighted by atomic mass is 32.1. The molecule has 2 aromatic heterocycles. The van der Waals surface area contributed by atoms with Gasteiger partial charge in [0.2, 0.25) is 0 Å². The largest absolute Gasteiger partial charge is 0.365 e. The molecule has 1 fully saturated rings. The van der Waals surface area contributed by atoms with Gasteiger partial charge in [0.05, 0.1) is 23.0 Å². The van der Waals surface area contributed by atoms with E-state index >= 15 is 0 Å². The second-order valence-corrected chi connectivity index (χ2v) is 6.51. The van der Waals surface area contributed by atoms with Gasteiger partial charge in [0.1, 0.15) is 5.69 Å². The first-order valence-corrected chi connectivity index (χ1v) is 7.97. The number of nitrogens with zero attached hydrogens (tertiary/aromatic N) is 3. The molecule has 8 heteroatoms. The summed E-state index contributed by atoms with van der Waals surface area (Å²) in [5.74, 6) is -0.583. The van der Waals surface area contributed by atoms with Gasteiger partial charge in [0.15, 0.2) is 0 Å². The first-order chi connectivity index (χ1) is 10.5. The summed E-state index contributed by atoms with van der Waals surface area (Å²) in [7, 11) is 0. The predicted molar refractivity (Wildman–Crippen MR) is 81.7 cm³/mol. The average Bonchev–Trinajstić information content (AvgIpc) is 3.18. The van der Waals surface area contributed by atoms with Crippen LogP contribution in [0, 0.1) is 0 Å². The number of hydrogen-bond donors (Lipinski definition) is 2. The van der Waals surface area contributed by atoms with Crippen LogP contribution in [0.2, 0.25) is 0 Å². The topological polar surface area (TPSA) is 105 Å². The smallest absolute Gasteiger partial charge is 0.273 e. The van der Waals surface area contributed by atoms with Crippen molar-refractivity contribution in [3.63, 3.8) is 0 Å². The van der Waals surface area contributed by atoms with Crippen LogP contribution >= 0.6 is 11.3 Å². The lowest BCUT2D eigenvalue weighted by molar-refractivity contribution is 0.0642. The van der Waals surface area contributed by atoms with E-state index in [0.29, 0.717) is 30.0 Å². The number of likely N-dealkylation sites (tertiary alicyclic amines) is 1. The van der Waals surface area contributed by atoms with E-state index in [2.05, 4.69) is 15.2 Å². The Labute approximate surface area is 131 Å². The molecule has 0 saturated carbocycles. The van der Waals surface area contributed by atoms with Crippen LogP contribution in [-0.2, 0) is 5.41 Å². The Morgan fingerprint density at radius 1 is 1.50 bits per heavy atom. The molecule has 7 nitrogen and oxygen atoms in total. The molecule has 22 heavy (non-hydrogen) atoms. The monoisotopic (exact) mass is 319 g/mol. The number of aromatic nitrogens is 3. The molecule has 2 amide bonds. The van der Waals surface area contributed by atoms with Crippen molar-refractivity contribution in [2.45, 2.75) is 25.2 Å². The zero-order valence-electron chi connectivity index (χ0n) is 12.2. The molecule has 0 aromatic carbocycles. The number of piperidine rings is 1. The van der Waals surface area contributed by atoms with Crippen molar-refractivity contribution < 1.29 is 9.59 Å². The Balaban J connectivity index is 1.87. The maximum Gasteiger partial charge on any atom is 0.273 e. The Kier molecular flexibility index (Phi) is 3.69. The third kappa shape index (κ3) is 2.50. The highest BCUT2D eigenvalue weighted by Crippen LogP contribution is 2.34. The van der Waals surface area contributed by atoms with E-state index in [0.717, 1.165) is 12.8 Å². The van der Waals surface area contributed by atoms with Gasteiger partial charge in [0, 0.05) is 23.9 Å². The van der Waals surface area contributed by atoms with Gasteiger partial charge in [-0.05, 0) is 12.8 Å². The van der Waals surface area contributed by atoms with Gasteiger partial charge in [0.25, 0.3) is 11.8 Å². The molecule has 2 aromatic rings. The lowest BCUT2D eigenvalue weighted by Gasteiger charge is -2.40. The number of carbonyl (C=O) groups is 2. The zero-order valence-corrected chi connectivity index (χ0v) is 13.0. The van der Waals surface area contributed by atoms with E-state index in [-0.39, 0.29) is 11.3 Å². The molecular formula is C14H17N5O2S. The Bertz CT molecular complexity index is 696. The summed E-state index contributed by atoms with van der Waals surface area (Å²) in [6.07, 6.45) is 3.16. The first-order valence-electron chi connectivity index (χ1n) is 7.02. The minimum absolute atomic E-state index is 0.0766. The normalized spacial score (nSPS) is 21.8. The molecule has 0 bridgehead atoms. The highest BCUT2D eigenvalue weighted by molar-refractivity contribution is 7.07. The fourth-order valence-electron chi connectivity index (χ4n) is 3.03. The molecule has 0 aliphatic carbocycles. The van der Waals surface area contributed by atoms with Gasteiger partial charge in [-0.3, -0.25) is 14.7 Å². The van der Waals surface area contributed by atoms with Crippen LogP contribution in [0.15, 0.2) is 17.1 Å². The van der Waals surface area contributed by atoms with Gasteiger partial charge in [-0.1, -0.05) is 6.92 Å². The summed E-state index contributed by atoms with van der Waals surface area (Å²) < 4.78 is 0. The Hall–Kier alpha value is -2.22. The Morgan fingerprint density at radius 2 is 2.32 bits per heavy atom. The van der Waals surface area contributed by atoms with E-state index < -0.39 is 5.91 Å². The van der Waals surface area contributed by atoms with Crippen LogP contribution in [-0.4, -0.2) is 45.0 Å². The van der Waals surface area contributed by atoms with Crippen molar-refractivity contribution in [2.75, 3.05) is 13.1 Å². The van der Waals surface area contributed by atoms with Crippen LogP contribution in [0.4, 0.5) is 0 Å². The third-order valence-corrected chi connectivity index (χ3v) is 4.73. The minimum atomic E-state index is -0.507. The second kappa shape index (κ2) is 5.53. The van der Waals surface area contributed by atoms with Crippen molar-refractivity contribution >= 4 is 23.2 Å². The van der Waals surface area contributed by atoms with Gasteiger partial charge in [-0.2, -0.15) is 5.10 Å². The first kappa shape index (κ1) is 14.7. The molecule has 1 atom stereocenters. The van der Waals surface area contributed by atoms with E-state index in [1.54, 1.807) is 15.8 Å². The van der Waals surface area contributed by atoms with Crippen LogP contribution in [0.25, 0.3) is 0 Å². The number of nitrogens with two attached hydrogens (primary N) is 1. The maximum absolute atomic E-state index is 12.5. The molecule has 3 rings (SSSR count). The molecule has 116 valence electrons. The number of rotatable bonds is 3. The minimum Gasteiger partial charge on any atom is -0.365 e. The van der Waals surface area contributed by atoms with Gasteiger partial charge >= 0.3 is 0 Å². The standard InChI is InChI=1S/C14H17N5O2S/c1-14(11-9(12(15)20)5-17-18-11)3-2-4-19(7-14)13(21)10-6-22-8-16-10/h5-6,8H,2-4,7H2,1H3,(H2,15,20)(H,17,18)/t14-/m1/s1. The molecule has 0 radical (unpaired) electrons. The van der Waals surface area contributed by atoms with Gasteiger partial charge in [-0.25, -0.2) is 4.98 Å². The summed E-state index contributed by atoms with van der Waals surface area (Å²) in [5.41, 5.74) is 8.25. The summed E-state index contributed by atoms with van der Waals surface area (Å²) in [5, 5.41) is 8.58. The number of carbonyl (C=O) groups excluding carboxylic acids is 2. The number of hydrogen-bond acceptors (Lipinski definition) is 5. The molecule has 0 unspecified atom stereocenters. The predicted octanol–water partition coefficient (Wildman–Crippen LogP) is 1.16. The van der Waals surface area contributed by atoms with Crippen LogP contribution in [0.1, 0.15) is 46.3 Å². The fourth-order valence-corrected chi connectivity index (χ4v) is 3.56. The Morgan fingerprint density at radius 3 is 3.00 bits per heavy atom. The number of nitrogens with one attached hydrogen (secondary N) is 1. The molecule has 3 N–H and O–H groups in total. The van der Waals surface area contributed by atoms with Crippen molar-refractivity contribution in [3.05, 3.63) is 34.0 Å². The molecular weight excluding hydrogens is 302 g/mol. The van der Waals surface area contributed by atoms with Crippen molar-refractivity contribution in [2.24, 2.45) is 5.73 Å². The molecule has 3 heterocycles. The van der Waals surface area contributed by atoms with Crippen molar-refractivity contribution in [3.8, 4) is 0 Å². The summed E-state index contributed by atoms with van der Waals surface area (Å²) in [6.45, 7) is 3.21. The van der Waals surface area contributed by atoms with Gasteiger partial charge < -0.3 is 10.6 Å². The maximum atomic E-state index is 12.5. The van der Waals surface area contributed by atoms with Crippen LogP contribution in [0.3, 0.4) is 0 Å². The summed E-state index contributed by atoms with van der Waals surface area (Å²) in [4.78, 5) is 29.9. The summed E-state index contributed by atoms with van der Waals surface area (Å²) in [6, 6.07) is 0. The number of aromatic amines is 1. The van der Waals surface area contributed by atoms with E-state index in [4.69, 9.17) is 5.73 Å². The highest BCUT2D eigenvalue weighted by Gasteiger charge is 2.38. The van der Waals surface area contributed by atoms with Gasteiger partial charge in [-0.15, -0.1) is 11.3 Å². The molecule has 1 saturated heterocycles. The lowest BCUT2D eigenvalue weighted by atomic mass is 9.77. The van der Waals surface area contributed by atoms with Crippen LogP contribution < -0.4 is 5.73 Å². The number of H-pyrrole nitrogens is 1. The van der Waals surface area contributed by atoms with Crippen molar-refractivity contribution in [1.82, 2.24) is 20.1 Å². The van der Waals surface area contributed by atoms with Crippen molar-refractivity contribution in [1.29, 1.82) is 0 Å². The second-order valence-electron chi connectivity index (χ2n) is 5.79. The number of amides is 2.